The zero-order chi connectivity index (χ0) is 15.4. The molecule has 3 heterocycles. The van der Waals surface area contributed by atoms with E-state index >= 15 is 0 Å². The summed E-state index contributed by atoms with van der Waals surface area (Å²) in [4.78, 5) is 2.48. The molecule has 3 nitrogen and oxygen atoms in total. The highest BCUT2D eigenvalue weighted by molar-refractivity contribution is 6.30. The minimum atomic E-state index is 0.513. The zero-order valence-electron chi connectivity index (χ0n) is 12.8. The molecule has 0 spiro atoms. The lowest BCUT2D eigenvalue weighted by atomic mass is 9.96. The summed E-state index contributed by atoms with van der Waals surface area (Å²) in [6, 6.07) is 16.1. The number of ether oxygens (including phenoxy) is 1. The number of fused-ring (bicyclic) bond motifs is 4. The molecule has 2 saturated heterocycles. The van der Waals surface area contributed by atoms with Crippen molar-refractivity contribution in [2.45, 2.75) is 43.8 Å². The van der Waals surface area contributed by atoms with Crippen LogP contribution in [0, 0.1) is 0 Å². The summed E-state index contributed by atoms with van der Waals surface area (Å²) in [7, 11) is 0. The molecule has 0 unspecified atom stereocenters. The summed E-state index contributed by atoms with van der Waals surface area (Å²) in [6.07, 6.45) is 4.99. The fourth-order valence-electron chi connectivity index (χ4n) is 4.39. The van der Waals surface area contributed by atoms with Crippen LogP contribution in [0.5, 0.6) is 11.5 Å². The number of anilines is 2. The molecule has 1 N–H and O–H groups in total. The monoisotopic (exact) mass is 326 g/mol. The maximum atomic E-state index is 6.19. The van der Waals surface area contributed by atoms with Gasteiger partial charge in [0.05, 0.1) is 11.4 Å². The Balaban J connectivity index is 1.62. The predicted molar refractivity (Wildman–Crippen MR) is 93.1 cm³/mol. The standard InChI is InChI=1S/C19H19ClN2O/c20-12-5-8-17-19(9-12)23-18-4-2-1-3-16(18)22(17)15-10-13-6-7-14(11-15)21-13/h1-5,8-9,13-15,21H,6-7,10-11H2/t13-,14+,15+. The van der Waals surface area contributed by atoms with Crippen molar-refractivity contribution in [1.29, 1.82) is 0 Å². The summed E-state index contributed by atoms with van der Waals surface area (Å²) in [5.41, 5.74) is 2.31. The van der Waals surface area contributed by atoms with Crippen LogP contribution >= 0.6 is 11.6 Å². The highest BCUT2D eigenvalue weighted by Gasteiger charge is 2.39. The fourth-order valence-corrected chi connectivity index (χ4v) is 4.55. The number of hydrogen-bond donors (Lipinski definition) is 1. The maximum Gasteiger partial charge on any atom is 0.152 e. The lowest BCUT2D eigenvalue weighted by molar-refractivity contribution is 0.353. The number of para-hydroxylation sites is 2. The molecule has 4 heteroatoms. The number of halogens is 1. The van der Waals surface area contributed by atoms with Crippen LogP contribution < -0.4 is 15.0 Å². The molecule has 2 aromatic rings. The van der Waals surface area contributed by atoms with Gasteiger partial charge in [-0.1, -0.05) is 23.7 Å². The van der Waals surface area contributed by atoms with Gasteiger partial charge in [0, 0.05) is 29.2 Å². The Kier molecular flexibility index (Phi) is 3.07. The van der Waals surface area contributed by atoms with Gasteiger partial charge in [0.2, 0.25) is 0 Å². The Morgan fingerprint density at radius 2 is 1.70 bits per heavy atom. The Morgan fingerprint density at radius 3 is 2.52 bits per heavy atom. The first-order chi connectivity index (χ1) is 11.3. The smallest absolute Gasteiger partial charge is 0.152 e. The summed E-state index contributed by atoms with van der Waals surface area (Å²) in [5.74, 6) is 1.79. The van der Waals surface area contributed by atoms with Crippen molar-refractivity contribution in [3.05, 3.63) is 47.5 Å². The van der Waals surface area contributed by atoms with Crippen molar-refractivity contribution in [3.63, 3.8) is 0 Å². The zero-order valence-corrected chi connectivity index (χ0v) is 13.6. The summed E-state index contributed by atoms with van der Waals surface area (Å²) in [5, 5.41) is 4.45. The van der Waals surface area contributed by atoms with E-state index in [0.717, 1.165) is 17.2 Å². The van der Waals surface area contributed by atoms with Gasteiger partial charge < -0.3 is 15.0 Å². The van der Waals surface area contributed by atoms with Crippen molar-refractivity contribution >= 4 is 23.0 Å². The first kappa shape index (κ1) is 13.7. The van der Waals surface area contributed by atoms with Gasteiger partial charge in [0.25, 0.3) is 0 Å². The molecule has 5 rings (SSSR count). The van der Waals surface area contributed by atoms with Gasteiger partial charge in [-0.15, -0.1) is 0 Å². The van der Waals surface area contributed by atoms with E-state index in [1.54, 1.807) is 0 Å². The molecular formula is C19H19ClN2O. The fraction of sp³-hybridized carbons (Fsp3) is 0.368. The topological polar surface area (TPSA) is 24.5 Å². The highest BCUT2D eigenvalue weighted by atomic mass is 35.5. The normalized spacial score (nSPS) is 28.0. The molecule has 0 amide bonds. The maximum absolute atomic E-state index is 6.19. The van der Waals surface area contributed by atoms with Gasteiger partial charge in [-0.25, -0.2) is 0 Å². The van der Waals surface area contributed by atoms with E-state index in [2.05, 4.69) is 28.4 Å². The third-order valence-electron chi connectivity index (χ3n) is 5.34. The second-order valence-electron chi connectivity index (χ2n) is 6.81. The van der Waals surface area contributed by atoms with E-state index in [4.69, 9.17) is 16.3 Å². The summed E-state index contributed by atoms with van der Waals surface area (Å²) in [6.45, 7) is 0. The lowest BCUT2D eigenvalue weighted by Gasteiger charge is -2.42. The third kappa shape index (κ3) is 2.22. The molecule has 0 saturated carbocycles. The van der Waals surface area contributed by atoms with Gasteiger partial charge in [-0.3, -0.25) is 0 Å². The minimum absolute atomic E-state index is 0.513. The molecule has 2 aromatic carbocycles. The molecule has 3 atom stereocenters. The Bertz CT molecular complexity index is 751. The van der Waals surface area contributed by atoms with Crippen LogP contribution in [0.25, 0.3) is 0 Å². The van der Waals surface area contributed by atoms with Gasteiger partial charge in [-0.2, -0.15) is 0 Å². The number of benzene rings is 2. The van der Waals surface area contributed by atoms with Crippen molar-refractivity contribution in [2.75, 3.05) is 4.90 Å². The van der Waals surface area contributed by atoms with Gasteiger partial charge >= 0.3 is 0 Å². The van der Waals surface area contributed by atoms with E-state index in [1.807, 2.05) is 24.3 Å². The summed E-state index contributed by atoms with van der Waals surface area (Å²) < 4.78 is 6.11. The Morgan fingerprint density at radius 1 is 0.957 bits per heavy atom. The summed E-state index contributed by atoms with van der Waals surface area (Å²) >= 11 is 6.19. The number of piperidine rings is 1. The first-order valence-electron chi connectivity index (χ1n) is 8.39. The lowest BCUT2D eigenvalue weighted by Crippen LogP contribution is -2.47. The number of nitrogens with zero attached hydrogens (tertiary/aromatic N) is 1. The molecule has 3 aliphatic rings. The van der Waals surface area contributed by atoms with Crippen molar-refractivity contribution in [3.8, 4) is 11.5 Å². The van der Waals surface area contributed by atoms with Crippen LogP contribution in [0.1, 0.15) is 25.7 Å². The molecule has 0 aromatic heterocycles. The highest BCUT2D eigenvalue weighted by Crippen LogP contribution is 2.50. The van der Waals surface area contributed by atoms with E-state index < -0.39 is 0 Å². The molecule has 0 radical (unpaired) electrons. The van der Waals surface area contributed by atoms with Gasteiger partial charge in [0.15, 0.2) is 11.5 Å². The van der Waals surface area contributed by atoms with Crippen LogP contribution in [0.4, 0.5) is 11.4 Å². The predicted octanol–water partition coefficient (Wildman–Crippen LogP) is 4.87. The molecule has 0 aliphatic carbocycles. The minimum Gasteiger partial charge on any atom is -0.453 e. The number of hydrogen-bond acceptors (Lipinski definition) is 3. The Hall–Kier alpha value is -1.71. The van der Waals surface area contributed by atoms with Crippen LogP contribution in [0.3, 0.4) is 0 Å². The first-order valence-corrected chi connectivity index (χ1v) is 8.77. The molecule has 3 aliphatic heterocycles. The second-order valence-corrected chi connectivity index (χ2v) is 7.25. The Labute approximate surface area is 141 Å². The van der Waals surface area contributed by atoms with E-state index in [1.165, 1.54) is 31.4 Å². The average Bonchev–Trinajstić information content (AvgIpc) is 2.90. The quantitative estimate of drug-likeness (QED) is 0.809. The van der Waals surface area contributed by atoms with Crippen LogP contribution in [0.15, 0.2) is 42.5 Å². The van der Waals surface area contributed by atoms with Crippen molar-refractivity contribution < 1.29 is 4.74 Å². The average molecular weight is 327 g/mol. The van der Waals surface area contributed by atoms with Crippen LogP contribution in [-0.2, 0) is 0 Å². The van der Waals surface area contributed by atoms with Gasteiger partial charge in [-0.05, 0) is 49.9 Å². The molecule has 2 bridgehead atoms. The molecular weight excluding hydrogens is 308 g/mol. The SMILES string of the molecule is Clc1ccc2c(c1)Oc1ccccc1N2[C@H]1C[C@H]2CC[C@@H](C1)N2. The second kappa shape index (κ2) is 5.15. The molecule has 118 valence electrons. The van der Waals surface area contributed by atoms with E-state index in [9.17, 15) is 0 Å². The van der Waals surface area contributed by atoms with Gasteiger partial charge in [0.1, 0.15) is 0 Å². The largest absolute Gasteiger partial charge is 0.453 e. The van der Waals surface area contributed by atoms with Crippen molar-refractivity contribution in [1.82, 2.24) is 5.32 Å². The third-order valence-corrected chi connectivity index (χ3v) is 5.57. The van der Waals surface area contributed by atoms with E-state index in [0.29, 0.717) is 23.1 Å². The van der Waals surface area contributed by atoms with E-state index in [-0.39, 0.29) is 0 Å². The molecule has 23 heavy (non-hydrogen) atoms. The number of nitrogens with one attached hydrogen (secondary N) is 1. The van der Waals surface area contributed by atoms with Crippen molar-refractivity contribution in [2.24, 2.45) is 0 Å². The van der Waals surface area contributed by atoms with Crippen LogP contribution in [0.2, 0.25) is 5.02 Å². The number of rotatable bonds is 1. The van der Waals surface area contributed by atoms with Crippen LogP contribution in [-0.4, -0.2) is 18.1 Å². The molecule has 2 fully saturated rings.